The molecule has 0 bridgehead atoms. The molecule has 0 amide bonds. The summed E-state index contributed by atoms with van der Waals surface area (Å²) in [6.45, 7) is 2.06. The molecule has 0 unspecified atom stereocenters. The smallest absolute Gasteiger partial charge is 0.229 e. The highest BCUT2D eigenvalue weighted by Gasteiger charge is 2.07. The molecule has 0 aliphatic rings. The summed E-state index contributed by atoms with van der Waals surface area (Å²) in [4.78, 5) is 4.66. The summed E-state index contributed by atoms with van der Waals surface area (Å²) in [6.07, 6.45) is 1.13. The van der Waals surface area contributed by atoms with E-state index in [1.54, 1.807) is 23.5 Å². The van der Waals surface area contributed by atoms with E-state index in [4.69, 9.17) is 0 Å². The summed E-state index contributed by atoms with van der Waals surface area (Å²) < 4.78 is 24.9. The van der Waals surface area contributed by atoms with Gasteiger partial charge < -0.3 is 0 Å². The van der Waals surface area contributed by atoms with E-state index in [0.717, 1.165) is 28.1 Å². The maximum atomic E-state index is 11.2. The van der Waals surface area contributed by atoms with E-state index in [1.807, 2.05) is 17.5 Å². The number of hydrogen-bond donors (Lipinski definition) is 1. The third kappa shape index (κ3) is 3.97. The standard InChI is InChI=1S/C17H16N2O2S2/c1-12-3-5-14(6-4-12)17-18-16(11-22-17)13-7-9-15(10-8-13)19-23(2,20)21/h3-11,19H,1-2H3. The zero-order chi connectivity index (χ0) is 16.4. The molecule has 0 aliphatic carbocycles. The minimum absolute atomic E-state index is 0.547. The Kier molecular flexibility index (Phi) is 4.19. The van der Waals surface area contributed by atoms with E-state index in [-0.39, 0.29) is 0 Å². The van der Waals surface area contributed by atoms with Gasteiger partial charge in [-0.25, -0.2) is 13.4 Å². The van der Waals surface area contributed by atoms with Gasteiger partial charge in [0.1, 0.15) is 5.01 Å². The topological polar surface area (TPSA) is 59.1 Å². The molecule has 0 atom stereocenters. The van der Waals surface area contributed by atoms with E-state index in [9.17, 15) is 8.42 Å². The number of nitrogens with zero attached hydrogens (tertiary/aromatic N) is 1. The van der Waals surface area contributed by atoms with E-state index in [1.165, 1.54) is 5.56 Å². The van der Waals surface area contributed by atoms with Crippen molar-refractivity contribution in [2.45, 2.75) is 6.92 Å². The fourth-order valence-corrected chi connectivity index (χ4v) is 3.56. The van der Waals surface area contributed by atoms with Gasteiger partial charge in [-0.15, -0.1) is 11.3 Å². The van der Waals surface area contributed by atoms with Gasteiger partial charge in [-0.3, -0.25) is 4.72 Å². The maximum absolute atomic E-state index is 11.2. The van der Waals surface area contributed by atoms with Gasteiger partial charge >= 0.3 is 0 Å². The number of nitrogens with one attached hydrogen (secondary N) is 1. The molecule has 0 aliphatic heterocycles. The number of rotatable bonds is 4. The number of aromatic nitrogens is 1. The van der Waals surface area contributed by atoms with Crippen LogP contribution in [0.2, 0.25) is 0 Å². The lowest BCUT2D eigenvalue weighted by Gasteiger charge is -2.04. The highest BCUT2D eigenvalue weighted by Crippen LogP contribution is 2.29. The predicted octanol–water partition coefficient (Wildman–Crippen LogP) is 4.16. The third-order valence-corrected chi connectivity index (χ3v) is 4.78. The Morgan fingerprint density at radius 3 is 2.17 bits per heavy atom. The SMILES string of the molecule is Cc1ccc(-c2nc(-c3ccc(NS(C)(=O)=O)cc3)cs2)cc1. The van der Waals surface area contributed by atoms with Crippen LogP contribution in [0.25, 0.3) is 21.8 Å². The van der Waals surface area contributed by atoms with Crippen LogP contribution in [0.3, 0.4) is 0 Å². The molecule has 2 aromatic carbocycles. The fraction of sp³-hybridized carbons (Fsp3) is 0.118. The van der Waals surface area contributed by atoms with Gasteiger partial charge in [-0.05, 0) is 19.1 Å². The molecule has 3 rings (SSSR count). The van der Waals surface area contributed by atoms with Gasteiger partial charge in [-0.2, -0.15) is 0 Å². The van der Waals surface area contributed by atoms with E-state index in [2.05, 4.69) is 40.9 Å². The second-order valence-corrected chi connectivity index (χ2v) is 7.96. The molecule has 6 heteroatoms. The monoisotopic (exact) mass is 344 g/mol. The van der Waals surface area contributed by atoms with E-state index < -0.39 is 10.0 Å². The Balaban J connectivity index is 1.84. The number of aryl methyl sites for hydroxylation is 1. The lowest BCUT2D eigenvalue weighted by molar-refractivity contribution is 0.607. The molecule has 1 aromatic heterocycles. The van der Waals surface area contributed by atoms with Crippen LogP contribution in [-0.4, -0.2) is 19.7 Å². The zero-order valence-corrected chi connectivity index (χ0v) is 14.4. The second kappa shape index (κ2) is 6.14. The Bertz CT molecular complexity index is 912. The van der Waals surface area contributed by atoms with Gasteiger partial charge in [0, 0.05) is 22.2 Å². The first-order chi connectivity index (χ1) is 10.9. The van der Waals surface area contributed by atoms with Gasteiger partial charge in [0.05, 0.1) is 11.9 Å². The van der Waals surface area contributed by atoms with Crippen molar-refractivity contribution < 1.29 is 8.42 Å². The Labute approximate surface area is 139 Å². The maximum Gasteiger partial charge on any atom is 0.229 e. The predicted molar refractivity (Wildman–Crippen MR) is 96.2 cm³/mol. The number of hydrogen-bond acceptors (Lipinski definition) is 4. The van der Waals surface area contributed by atoms with Gasteiger partial charge in [0.2, 0.25) is 10.0 Å². The fourth-order valence-electron chi connectivity index (χ4n) is 2.16. The van der Waals surface area contributed by atoms with Crippen LogP contribution in [0.15, 0.2) is 53.9 Å². The molecule has 0 fully saturated rings. The Hall–Kier alpha value is -2.18. The summed E-state index contributed by atoms with van der Waals surface area (Å²) >= 11 is 1.59. The van der Waals surface area contributed by atoms with Crippen molar-refractivity contribution in [3.05, 3.63) is 59.5 Å². The van der Waals surface area contributed by atoms with Crippen LogP contribution in [0, 0.1) is 6.92 Å². The van der Waals surface area contributed by atoms with Crippen molar-refractivity contribution >= 4 is 27.0 Å². The average molecular weight is 344 g/mol. The lowest BCUT2D eigenvalue weighted by atomic mass is 10.1. The second-order valence-electron chi connectivity index (χ2n) is 5.36. The molecule has 0 saturated heterocycles. The van der Waals surface area contributed by atoms with Crippen molar-refractivity contribution in [3.8, 4) is 21.8 Å². The molecule has 3 aromatic rings. The molecular formula is C17H16N2O2S2. The molecule has 4 nitrogen and oxygen atoms in total. The molecule has 118 valence electrons. The van der Waals surface area contributed by atoms with Gasteiger partial charge in [-0.1, -0.05) is 42.0 Å². The number of benzene rings is 2. The minimum atomic E-state index is -3.25. The Morgan fingerprint density at radius 1 is 0.957 bits per heavy atom. The average Bonchev–Trinajstić information content (AvgIpc) is 2.97. The van der Waals surface area contributed by atoms with Crippen LogP contribution >= 0.6 is 11.3 Å². The van der Waals surface area contributed by atoms with Crippen LogP contribution in [-0.2, 0) is 10.0 Å². The van der Waals surface area contributed by atoms with Crippen molar-refractivity contribution in [2.24, 2.45) is 0 Å². The molecule has 0 spiro atoms. The van der Waals surface area contributed by atoms with E-state index >= 15 is 0 Å². The largest absolute Gasteiger partial charge is 0.284 e. The molecular weight excluding hydrogens is 328 g/mol. The molecule has 0 radical (unpaired) electrons. The van der Waals surface area contributed by atoms with Crippen LogP contribution in [0.1, 0.15) is 5.56 Å². The number of thiazole rings is 1. The van der Waals surface area contributed by atoms with Crippen molar-refractivity contribution in [2.75, 3.05) is 11.0 Å². The summed E-state index contributed by atoms with van der Waals surface area (Å²) in [5.41, 5.74) is 4.71. The summed E-state index contributed by atoms with van der Waals surface area (Å²) in [5.74, 6) is 0. The summed E-state index contributed by atoms with van der Waals surface area (Å²) in [6, 6.07) is 15.5. The molecule has 23 heavy (non-hydrogen) atoms. The van der Waals surface area contributed by atoms with Crippen molar-refractivity contribution in [3.63, 3.8) is 0 Å². The van der Waals surface area contributed by atoms with E-state index in [0.29, 0.717) is 5.69 Å². The normalized spacial score (nSPS) is 11.4. The first-order valence-electron chi connectivity index (χ1n) is 7.01. The molecule has 0 saturated carbocycles. The summed E-state index contributed by atoms with van der Waals surface area (Å²) in [7, 11) is -3.25. The van der Waals surface area contributed by atoms with Crippen molar-refractivity contribution in [1.29, 1.82) is 0 Å². The third-order valence-electron chi connectivity index (χ3n) is 3.29. The highest BCUT2D eigenvalue weighted by molar-refractivity contribution is 7.92. The van der Waals surface area contributed by atoms with Gasteiger partial charge in [0.15, 0.2) is 0 Å². The highest BCUT2D eigenvalue weighted by atomic mass is 32.2. The summed E-state index contributed by atoms with van der Waals surface area (Å²) in [5, 5.41) is 2.98. The quantitative estimate of drug-likeness (QED) is 0.773. The van der Waals surface area contributed by atoms with Crippen LogP contribution in [0.4, 0.5) is 5.69 Å². The van der Waals surface area contributed by atoms with Crippen molar-refractivity contribution in [1.82, 2.24) is 4.98 Å². The van der Waals surface area contributed by atoms with Crippen LogP contribution in [0.5, 0.6) is 0 Å². The lowest BCUT2D eigenvalue weighted by Crippen LogP contribution is -2.09. The number of sulfonamides is 1. The molecule has 1 N–H and O–H groups in total. The first-order valence-corrected chi connectivity index (χ1v) is 9.79. The minimum Gasteiger partial charge on any atom is -0.284 e. The van der Waals surface area contributed by atoms with Crippen LogP contribution < -0.4 is 4.72 Å². The molecule has 1 heterocycles. The van der Waals surface area contributed by atoms with Gasteiger partial charge in [0.25, 0.3) is 0 Å². The first kappa shape index (κ1) is 15.7. The zero-order valence-electron chi connectivity index (χ0n) is 12.8. The Morgan fingerprint density at radius 2 is 1.57 bits per heavy atom. The number of anilines is 1.